The van der Waals surface area contributed by atoms with Crippen LogP contribution in [-0.2, 0) is 0 Å². The van der Waals surface area contributed by atoms with Crippen LogP contribution in [0.25, 0.3) is 0 Å². The molecule has 0 N–H and O–H groups in total. The van der Waals surface area contributed by atoms with Gasteiger partial charge in [0.15, 0.2) is 0 Å². The third-order valence-corrected chi connectivity index (χ3v) is 3.51. The Morgan fingerprint density at radius 1 is 1.20 bits per heavy atom. The highest BCUT2D eigenvalue weighted by Gasteiger charge is 2.20. The average molecular weight is 334 g/mol. The van der Waals surface area contributed by atoms with E-state index < -0.39 is 0 Å². The summed E-state index contributed by atoms with van der Waals surface area (Å²) in [6, 6.07) is 15.0. The fraction of sp³-hybridized carbons (Fsp3) is 0.188. The van der Waals surface area contributed by atoms with E-state index >= 15 is 0 Å². The fourth-order valence-electron chi connectivity index (χ4n) is 2.04. The number of methoxy groups -OCH3 is 1. The molecule has 0 fully saturated rings. The summed E-state index contributed by atoms with van der Waals surface area (Å²) in [6.07, 6.45) is 0. The Labute approximate surface area is 127 Å². The predicted octanol–water partition coefficient (Wildman–Crippen LogP) is 4.12. The van der Waals surface area contributed by atoms with E-state index in [4.69, 9.17) is 4.74 Å². The van der Waals surface area contributed by atoms with Crippen LogP contribution in [0.15, 0.2) is 53.0 Å². The Bertz CT molecular complexity index is 599. The van der Waals surface area contributed by atoms with Crippen LogP contribution in [0.2, 0.25) is 0 Å². The van der Waals surface area contributed by atoms with Gasteiger partial charge >= 0.3 is 0 Å². The van der Waals surface area contributed by atoms with E-state index in [0.717, 1.165) is 10.2 Å². The largest absolute Gasteiger partial charge is 0.496 e. The summed E-state index contributed by atoms with van der Waals surface area (Å²) in [7, 11) is 1.57. The molecule has 4 heteroatoms. The van der Waals surface area contributed by atoms with Crippen LogP contribution in [0.5, 0.6) is 5.75 Å². The van der Waals surface area contributed by atoms with Gasteiger partial charge in [-0.2, -0.15) is 0 Å². The fourth-order valence-corrected chi connectivity index (χ4v) is 2.41. The first-order valence-corrected chi connectivity index (χ1v) is 7.17. The summed E-state index contributed by atoms with van der Waals surface area (Å²) in [5.41, 5.74) is 1.43. The molecule has 20 heavy (non-hydrogen) atoms. The highest BCUT2D eigenvalue weighted by Crippen LogP contribution is 2.26. The van der Waals surface area contributed by atoms with Crippen molar-refractivity contribution in [2.45, 2.75) is 6.92 Å². The lowest BCUT2D eigenvalue weighted by Gasteiger charge is -2.22. The molecule has 2 aromatic rings. The number of rotatable bonds is 4. The zero-order valence-electron chi connectivity index (χ0n) is 11.5. The van der Waals surface area contributed by atoms with Gasteiger partial charge < -0.3 is 9.64 Å². The van der Waals surface area contributed by atoms with Gasteiger partial charge in [0.1, 0.15) is 5.75 Å². The van der Waals surface area contributed by atoms with Crippen molar-refractivity contribution in [3.63, 3.8) is 0 Å². The van der Waals surface area contributed by atoms with Gasteiger partial charge in [-0.3, -0.25) is 4.79 Å². The minimum Gasteiger partial charge on any atom is -0.496 e. The minimum absolute atomic E-state index is 0.0724. The number of amides is 1. The van der Waals surface area contributed by atoms with Crippen molar-refractivity contribution in [2.75, 3.05) is 18.6 Å². The van der Waals surface area contributed by atoms with Crippen molar-refractivity contribution >= 4 is 27.5 Å². The SMILES string of the molecule is CCN(C(=O)c1cc(Br)ccc1OC)c1ccccc1. The topological polar surface area (TPSA) is 29.5 Å². The van der Waals surface area contributed by atoms with Gasteiger partial charge in [-0.25, -0.2) is 0 Å². The Balaban J connectivity index is 2.41. The number of carbonyl (C=O) groups excluding carboxylic acids is 1. The van der Waals surface area contributed by atoms with Gasteiger partial charge in [0.25, 0.3) is 5.91 Å². The van der Waals surface area contributed by atoms with Crippen molar-refractivity contribution in [1.29, 1.82) is 0 Å². The summed E-state index contributed by atoms with van der Waals surface area (Å²) in [4.78, 5) is 14.5. The van der Waals surface area contributed by atoms with Crippen LogP contribution in [-0.4, -0.2) is 19.6 Å². The van der Waals surface area contributed by atoms with Crippen LogP contribution in [0.4, 0.5) is 5.69 Å². The molecule has 2 aromatic carbocycles. The Morgan fingerprint density at radius 3 is 2.50 bits per heavy atom. The number of ether oxygens (including phenoxy) is 1. The second kappa shape index (κ2) is 6.57. The maximum absolute atomic E-state index is 12.7. The van der Waals surface area contributed by atoms with Crippen molar-refractivity contribution in [2.24, 2.45) is 0 Å². The Morgan fingerprint density at radius 2 is 1.90 bits per heavy atom. The third-order valence-electron chi connectivity index (χ3n) is 3.02. The molecule has 0 saturated carbocycles. The van der Waals surface area contributed by atoms with Crippen LogP contribution >= 0.6 is 15.9 Å². The van der Waals surface area contributed by atoms with E-state index in [1.54, 1.807) is 24.1 Å². The summed E-state index contributed by atoms with van der Waals surface area (Å²) in [6.45, 7) is 2.55. The molecule has 0 aliphatic heterocycles. The molecule has 0 aliphatic carbocycles. The normalized spacial score (nSPS) is 10.2. The number of hydrogen-bond acceptors (Lipinski definition) is 2. The molecular weight excluding hydrogens is 318 g/mol. The van der Waals surface area contributed by atoms with Gasteiger partial charge in [0.2, 0.25) is 0 Å². The van der Waals surface area contributed by atoms with Gasteiger partial charge in [-0.1, -0.05) is 34.1 Å². The zero-order chi connectivity index (χ0) is 14.5. The summed E-state index contributed by atoms with van der Waals surface area (Å²) >= 11 is 3.39. The number of hydrogen-bond donors (Lipinski definition) is 0. The number of anilines is 1. The molecule has 0 saturated heterocycles. The van der Waals surface area contributed by atoms with Gasteiger partial charge in [-0.05, 0) is 37.3 Å². The lowest BCUT2D eigenvalue weighted by atomic mass is 10.1. The molecule has 0 atom stereocenters. The molecule has 104 valence electrons. The van der Waals surface area contributed by atoms with E-state index in [1.165, 1.54) is 0 Å². The Kier molecular flexibility index (Phi) is 4.79. The summed E-state index contributed by atoms with van der Waals surface area (Å²) in [5, 5.41) is 0. The van der Waals surface area contributed by atoms with Crippen molar-refractivity contribution in [3.05, 3.63) is 58.6 Å². The smallest absolute Gasteiger partial charge is 0.262 e. The minimum atomic E-state index is -0.0724. The number of carbonyl (C=O) groups is 1. The lowest BCUT2D eigenvalue weighted by Crippen LogP contribution is -2.30. The number of halogens is 1. The zero-order valence-corrected chi connectivity index (χ0v) is 13.1. The number of para-hydroxylation sites is 1. The van der Waals surface area contributed by atoms with Crippen LogP contribution < -0.4 is 9.64 Å². The molecule has 0 radical (unpaired) electrons. The molecular formula is C16H16BrNO2. The molecule has 3 nitrogen and oxygen atoms in total. The monoisotopic (exact) mass is 333 g/mol. The van der Waals surface area contributed by atoms with Gasteiger partial charge in [0.05, 0.1) is 12.7 Å². The van der Waals surface area contributed by atoms with Crippen molar-refractivity contribution in [3.8, 4) is 5.75 Å². The highest BCUT2D eigenvalue weighted by molar-refractivity contribution is 9.10. The van der Waals surface area contributed by atoms with Crippen LogP contribution in [0, 0.1) is 0 Å². The van der Waals surface area contributed by atoms with Crippen LogP contribution in [0.1, 0.15) is 17.3 Å². The van der Waals surface area contributed by atoms with E-state index in [2.05, 4.69) is 15.9 Å². The quantitative estimate of drug-likeness (QED) is 0.842. The Hall–Kier alpha value is -1.81. The maximum atomic E-state index is 12.7. The molecule has 2 rings (SSSR count). The van der Waals surface area contributed by atoms with E-state index in [9.17, 15) is 4.79 Å². The number of nitrogens with zero attached hydrogens (tertiary/aromatic N) is 1. The second-order valence-corrected chi connectivity index (χ2v) is 5.15. The summed E-state index contributed by atoms with van der Waals surface area (Å²) < 4.78 is 6.14. The van der Waals surface area contributed by atoms with E-state index in [-0.39, 0.29) is 5.91 Å². The molecule has 0 aromatic heterocycles. The summed E-state index contributed by atoms with van der Waals surface area (Å²) in [5.74, 6) is 0.504. The average Bonchev–Trinajstić information content (AvgIpc) is 2.49. The maximum Gasteiger partial charge on any atom is 0.262 e. The molecule has 0 aliphatic rings. The second-order valence-electron chi connectivity index (χ2n) is 4.23. The van der Waals surface area contributed by atoms with E-state index in [0.29, 0.717) is 17.9 Å². The standard InChI is InChI=1S/C16H16BrNO2/c1-3-18(13-7-5-4-6-8-13)16(19)14-11-12(17)9-10-15(14)20-2/h4-11H,3H2,1-2H3. The van der Waals surface area contributed by atoms with Crippen molar-refractivity contribution in [1.82, 2.24) is 0 Å². The van der Waals surface area contributed by atoms with Crippen molar-refractivity contribution < 1.29 is 9.53 Å². The highest BCUT2D eigenvalue weighted by atomic mass is 79.9. The third kappa shape index (κ3) is 3.02. The molecule has 0 heterocycles. The molecule has 0 bridgehead atoms. The first-order valence-electron chi connectivity index (χ1n) is 6.37. The first-order chi connectivity index (χ1) is 9.67. The lowest BCUT2D eigenvalue weighted by molar-refractivity contribution is 0.0985. The van der Waals surface area contributed by atoms with Gasteiger partial charge in [0, 0.05) is 16.7 Å². The number of benzene rings is 2. The molecule has 0 unspecified atom stereocenters. The van der Waals surface area contributed by atoms with E-state index in [1.807, 2.05) is 43.3 Å². The molecule has 0 spiro atoms. The first kappa shape index (κ1) is 14.6. The van der Waals surface area contributed by atoms with Crippen LogP contribution in [0.3, 0.4) is 0 Å². The molecule has 1 amide bonds. The predicted molar refractivity (Wildman–Crippen MR) is 84.5 cm³/mol. The van der Waals surface area contributed by atoms with Gasteiger partial charge in [-0.15, -0.1) is 0 Å².